The van der Waals surface area contributed by atoms with Gasteiger partial charge in [-0.3, -0.25) is 4.79 Å². The lowest BCUT2D eigenvalue weighted by Crippen LogP contribution is -2.37. The molecule has 0 bridgehead atoms. The maximum atomic E-state index is 11.9. The summed E-state index contributed by atoms with van der Waals surface area (Å²) in [7, 11) is 0. The van der Waals surface area contributed by atoms with Crippen molar-refractivity contribution in [2.45, 2.75) is 26.2 Å². The predicted molar refractivity (Wildman–Crippen MR) is 75.4 cm³/mol. The summed E-state index contributed by atoms with van der Waals surface area (Å²) in [5, 5.41) is 0. The van der Waals surface area contributed by atoms with Gasteiger partial charge in [-0.25, -0.2) is 0 Å². The summed E-state index contributed by atoms with van der Waals surface area (Å²) in [6.45, 7) is 2.68. The number of carbonyl (C=O) groups is 1. The number of allylic oxidation sites excluding steroid dienone is 1. The van der Waals surface area contributed by atoms with Crippen molar-refractivity contribution >= 4 is 12.0 Å². The Kier molecular flexibility index (Phi) is 3.17. The SMILES string of the molecule is C[C@@]12CCC[C@H](/C=C/c3ccccc3)[C@@H]1COC2=O. The molecule has 0 N–H and O–H groups in total. The van der Waals surface area contributed by atoms with Crippen molar-refractivity contribution in [1.82, 2.24) is 0 Å². The van der Waals surface area contributed by atoms with E-state index in [4.69, 9.17) is 4.74 Å². The highest BCUT2D eigenvalue weighted by molar-refractivity contribution is 5.79. The van der Waals surface area contributed by atoms with Gasteiger partial charge < -0.3 is 4.74 Å². The average Bonchev–Trinajstić information content (AvgIpc) is 2.74. The van der Waals surface area contributed by atoms with Gasteiger partial charge in [-0.05, 0) is 31.2 Å². The summed E-state index contributed by atoms with van der Waals surface area (Å²) < 4.78 is 5.31. The van der Waals surface area contributed by atoms with Crippen LogP contribution in [0.3, 0.4) is 0 Å². The lowest BCUT2D eigenvalue weighted by molar-refractivity contribution is -0.146. The van der Waals surface area contributed by atoms with Gasteiger partial charge in [0.1, 0.15) is 0 Å². The van der Waals surface area contributed by atoms with E-state index in [0.29, 0.717) is 18.4 Å². The first-order valence-electron chi connectivity index (χ1n) is 7.11. The highest BCUT2D eigenvalue weighted by Crippen LogP contribution is 2.49. The van der Waals surface area contributed by atoms with E-state index >= 15 is 0 Å². The molecule has 3 rings (SSSR count). The number of fused-ring (bicyclic) bond motifs is 1. The zero-order valence-electron chi connectivity index (χ0n) is 11.3. The molecule has 0 radical (unpaired) electrons. The molecule has 1 aromatic carbocycles. The van der Waals surface area contributed by atoms with E-state index in [1.807, 2.05) is 18.2 Å². The molecule has 0 aromatic heterocycles. The second-order valence-electron chi connectivity index (χ2n) is 5.95. The van der Waals surface area contributed by atoms with Crippen LogP contribution in [0.1, 0.15) is 31.7 Å². The Morgan fingerprint density at radius 3 is 2.89 bits per heavy atom. The molecule has 100 valence electrons. The number of esters is 1. The van der Waals surface area contributed by atoms with E-state index in [1.54, 1.807) is 0 Å². The summed E-state index contributed by atoms with van der Waals surface area (Å²) in [4.78, 5) is 11.9. The highest BCUT2D eigenvalue weighted by atomic mass is 16.5. The van der Waals surface area contributed by atoms with Crippen molar-refractivity contribution in [3.05, 3.63) is 42.0 Å². The molecule has 0 spiro atoms. The molecule has 2 fully saturated rings. The first-order chi connectivity index (χ1) is 9.20. The van der Waals surface area contributed by atoms with Crippen molar-refractivity contribution in [3.8, 4) is 0 Å². The normalized spacial score (nSPS) is 34.3. The Morgan fingerprint density at radius 2 is 2.11 bits per heavy atom. The number of hydrogen-bond acceptors (Lipinski definition) is 2. The van der Waals surface area contributed by atoms with E-state index in [9.17, 15) is 4.79 Å². The van der Waals surface area contributed by atoms with Crippen LogP contribution in [-0.4, -0.2) is 12.6 Å². The zero-order valence-corrected chi connectivity index (χ0v) is 11.3. The zero-order chi connectivity index (χ0) is 13.3. The molecule has 2 heteroatoms. The quantitative estimate of drug-likeness (QED) is 0.754. The fourth-order valence-electron chi connectivity index (χ4n) is 3.48. The van der Waals surface area contributed by atoms with E-state index in [2.05, 4.69) is 31.2 Å². The van der Waals surface area contributed by atoms with Crippen LogP contribution in [0.5, 0.6) is 0 Å². The standard InChI is InChI=1S/C17H20O2/c1-17-11-5-8-14(15(17)12-19-16(17)18)10-9-13-6-3-2-4-7-13/h2-4,6-7,9-10,14-15H,5,8,11-12H2,1H3/b10-9+/t14-,15+,17-/m1/s1. The van der Waals surface area contributed by atoms with Gasteiger partial charge in [-0.15, -0.1) is 0 Å². The van der Waals surface area contributed by atoms with E-state index in [0.717, 1.165) is 12.8 Å². The number of ether oxygens (including phenoxy) is 1. The minimum absolute atomic E-state index is 0.00955. The Labute approximate surface area is 114 Å². The number of hydrogen-bond donors (Lipinski definition) is 0. The highest BCUT2D eigenvalue weighted by Gasteiger charge is 2.52. The molecular formula is C17H20O2. The topological polar surface area (TPSA) is 26.3 Å². The van der Waals surface area contributed by atoms with Gasteiger partial charge in [0.05, 0.1) is 12.0 Å². The summed E-state index contributed by atoms with van der Waals surface area (Å²) in [5.41, 5.74) is 0.976. The van der Waals surface area contributed by atoms with Crippen molar-refractivity contribution < 1.29 is 9.53 Å². The van der Waals surface area contributed by atoms with Crippen LogP contribution in [0.4, 0.5) is 0 Å². The van der Waals surface area contributed by atoms with Gasteiger partial charge in [0.15, 0.2) is 0 Å². The molecule has 19 heavy (non-hydrogen) atoms. The number of cyclic esters (lactones) is 1. The molecule has 2 nitrogen and oxygen atoms in total. The largest absolute Gasteiger partial charge is 0.465 e. The molecule has 1 aliphatic carbocycles. The molecule has 1 heterocycles. The lowest BCUT2D eigenvalue weighted by Gasteiger charge is -2.36. The van der Waals surface area contributed by atoms with Gasteiger partial charge in [0, 0.05) is 5.92 Å². The van der Waals surface area contributed by atoms with Crippen molar-refractivity contribution in [1.29, 1.82) is 0 Å². The number of benzene rings is 1. The van der Waals surface area contributed by atoms with Crippen LogP contribution in [0.25, 0.3) is 6.08 Å². The predicted octanol–water partition coefficient (Wildman–Crippen LogP) is 3.68. The molecule has 1 aliphatic heterocycles. The summed E-state index contributed by atoms with van der Waals surface area (Å²) in [6, 6.07) is 10.3. The Balaban J connectivity index is 1.78. The summed E-state index contributed by atoms with van der Waals surface area (Å²) in [6.07, 6.45) is 7.72. The summed E-state index contributed by atoms with van der Waals surface area (Å²) in [5.74, 6) is 0.828. The van der Waals surface area contributed by atoms with Crippen molar-refractivity contribution in [2.24, 2.45) is 17.3 Å². The Bertz CT molecular complexity index is 491. The van der Waals surface area contributed by atoms with Crippen LogP contribution in [0.2, 0.25) is 0 Å². The van der Waals surface area contributed by atoms with Crippen molar-refractivity contribution in [3.63, 3.8) is 0 Å². The second-order valence-corrected chi connectivity index (χ2v) is 5.95. The third kappa shape index (κ3) is 2.20. The third-order valence-electron chi connectivity index (χ3n) is 4.76. The van der Waals surface area contributed by atoms with Crippen LogP contribution < -0.4 is 0 Å². The first-order valence-corrected chi connectivity index (χ1v) is 7.11. The van der Waals surface area contributed by atoms with Crippen LogP contribution in [0, 0.1) is 17.3 Å². The molecular weight excluding hydrogens is 236 g/mol. The fraction of sp³-hybridized carbons (Fsp3) is 0.471. The smallest absolute Gasteiger partial charge is 0.312 e. The maximum absolute atomic E-state index is 11.9. The monoisotopic (exact) mass is 256 g/mol. The van der Waals surface area contributed by atoms with Gasteiger partial charge in [-0.1, -0.05) is 48.9 Å². The third-order valence-corrected chi connectivity index (χ3v) is 4.76. The van der Waals surface area contributed by atoms with E-state index in [-0.39, 0.29) is 11.4 Å². The van der Waals surface area contributed by atoms with Crippen LogP contribution >= 0.6 is 0 Å². The van der Waals surface area contributed by atoms with Gasteiger partial charge in [0.2, 0.25) is 0 Å². The molecule has 1 aromatic rings. The van der Waals surface area contributed by atoms with Gasteiger partial charge >= 0.3 is 5.97 Å². The van der Waals surface area contributed by atoms with Crippen LogP contribution in [0.15, 0.2) is 36.4 Å². The second kappa shape index (κ2) is 4.84. The maximum Gasteiger partial charge on any atom is 0.312 e. The van der Waals surface area contributed by atoms with Crippen molar-refractivity contribution in [2.75, 3.05) is 6.61 Å². The first kappa shape index (κ1) is 12.5. The van der Waals surface area contributed by atoms with Crippen LogP contribution in [-0.2, 0) is 9.53 Å². The fourth-order valence-corrected chi connectivity index (χ4v) is 3.48. The van der Waals surface area contributed by atoms with Gasteiger partial charge in [-0.2, -0.15) is 0 Å². The van der Waals surface area contributed by atoms with E-state index in [1.165, 1.54) is 12.0 Å². The Hall–Kier alpha value is -1.57. The van der Waals surface area contributed by atoms with Gasteiger partial charge in [0.25, 0.3) is 0 Å². The summed E-state index contributed by atoms with van der Waals surface area (Å²) >= 11 is 0. The minimum atomic E-state index is -0.246. The molecule has 0 amide bonds. The molecule has 1 saturated carbocycles. The number of rotatable bonds is 2. The molecule has 0 unspecified atom stereocenters. The molecule has 2 aliphatic rings. The molecule has 3 atom stereocenters. The molecule has 1 saturated heterocycles. The Morgan fingerprint density at radius 1 is 1.32 bits per heavy atom. The average molecular weight is 256 g/mol. The minimum Gasteiger partial charge on any atom is -0.465 e. The van der Waals surface area contributed by atoms with E-state index < -0.39 is 0 Å². The number of carbonyl (C=O) groups excluding carboxylic acids is 1. The lowest BCUT2D eigenvalue weighted by atomic mass is 9.64.